The van der Waals surface area contributed by atoms with Crippen molar-refractivity contribution in [3.63, 3.8) is 0 Å². The van der Waals surface area contributed by atoms with Crippen LogP contribution in [0.3, 0.4) is 0 Å². The number of anilines is 1. The highest BCUT2D eigenvalue weighted by atomic mass is 32.1. The van der Waals surface area contributed by atoms with E-state index in [1.807, 2.05) is 45.0 Å². The van der Waals surface area contributed by atoms with Crippen LogP contribution >= 0.6 is 11.3 Å². The number of aryl methyl sites for hydroxylation is 1. The lowest BCUT2D eigenvalue weighted by Gasteiger charge is -2.11. The monoisotopic (exact) mass is 486 g/mol. The summed E-state index contributed by atoms with van der Waals surface area (Å²) in [6.07, 6.45) is 3.19. The lowest BCUT2D eigenvalue weighted by molar-refractivity contribution is -0.111. The molecule has 7 heteroatoms. The average molecular weight is 487 g/mol. The summed E-state index contributed by atoms with van der Waals surface area (Å²) in [5.41, 5.74) is 5.84. The van der Waals surface area contributed by atoms with Crippen LogP contribution in [0.15, 0.2) is 71.4 Å². The number of amides is 1. The van der Waals surface area contributed by atoms with Gasteiger partial charge in [-0.25, -0.2) is 9.37 Å². The maximum atomic E-state index is 13.4. The van der Waals surface area contributed by atoms with Gasteiger partial charge in [-0.3, -0.25) is 10.1 Å². The first-order valence-electron chi connectivity index (χ1n) is 11.2. The van der Waals surface area contributed by atoms with Crippen molar-refractivity contribution in [2.45, 2.75) is 20.8 Å². The summed E-state index contributed by atoms with van der Waals surface area (Å²) in [5, 5.41) is 4.28. The third kappa shape index (κ3) is 4.68. The third-order valence-corrected chi connectivity index (χ3v) is 6.61. The van der Waals surface area contributed by atoms with Gasteiger partial charge in [-0.2, -0.15) is 0 Å². The molecule has 5 aromatic rings. The molecule has 5 rings (SSSR count). The second kappa shape index (κ2) is 9.35. The second-order valence-electron chi connectivity index (χ2n) is 8.24. The van der Waals surface area contributed by atoms with Crippen molar-refractivity contribution < 1.29 is 18.3 Å². The molecule has 35 heavy (non-hydrogen) atoms. The summed E-state index contributed by atoms with van der Waals surface area (Å²) in [4.78, 5) is 17.3. The Bertz CT molecular complexity index is 1580. The summed E-state index contributed by atoms with van der Waals surface area (Å²) in [6, 6.07) is 16.0. The van der Waals surface area contributed by atoms with Gasteiger partial charge in [0.05, 0.1) is 23.1 Å². The normalized spacial score (nSPS) is 11.8. The highest BCUT2D eigenvalue weighted by Gasteiger charge is 2.16. The molecule has 5 nitrogen and oxygen atoms in total. The summed E-state index contributed by atoms with van der Waals surface area (Å²) in [7, 11) is 0. The van der Waals surface area contributed by atoms with Gasteiger partial charge in [0, 0.05) is 28.7 Å². The summed E-state index contributed by atoms with van der Waals surface area (Å²) in [6.45, 7) is 6.26. The van der Waals surface area contributed by atoms with E-state index in [9.17, 15) is 9.18 Å². The van der Waals surface area contributed by atoms with E-state index in [-0.39, 0.29) is 11.7 Å². The zero-order valence-corrected chi connectivity index (χ0v) is 20.3. The van der Waals surface area contributed by atoms with Gasteiger partial charge in [-0.1, -0.05) is 29.5 Å². The number of hydrogen-bond acceptors (Lipinski definition) is 5. The molecule has 2 aromatic heterocycles. The van der Waals surface area contributed by atoms with Gasteiger partial charge in [0.1, 0.15) is 17.1 Å². The topological polar surface area (TPSA) is 64.4 Å². The van der Waals surface area contributed by atoms with Gasteiger partial charge in [0.2, 0.25) is 5.91 Å². The lowest BCUT2D eigenvalue weighted by atomic mass is 9.99. The number of furan rings is 1. The first-order chi connectivity index (χ1) is 16.9. The minimum atomic E-state index is -0.297. The number of nitrogens with zero attached hydrogens (tertiary/aromatic N) is 1. The van der Waals surface area contributed by atoms with Crippen molar-refractivity contribution in [2.75, 3.05) is 11.9 Å². The predicted molar refractivity (Wildman–Crippen MR) is 139 cm³/mol. The van der Waals surface area contributed by atoms with E-state index in [2.05, 4.69) is 16.4 Å². The van der Waals surface area contributed by atoms with Crippen molar-refractivity contribution in [1.82, 2.24) is 4.98 Å². The number of aromatic nitrogens is 1. The molecule has 0 saturated carbocycles. The summed E-state index contributed by atoms with van der Waals surface area (Å²) < 4.78 is 26.1. The Morgan fingerprint density at radius 2 is 1.97 bits per heavy atom. The van der Waals surface area contributed by atoms with Crippen LogP contribution in [0.4, 0.5) is 9.52 Å². The van der Waals surface area contributed by atoms with E-state index in [0.717, 1.165) is 43.4 Å². The Hall–Kier alpha value is -3.97. The van der Waals surface area contributed by atoms with Crippen LogP contribution in [0.2, 0.25) is 0 Å². The molecule has 1 N–H and O–H groups in total. The van der Waals surface area contributed by atoms with Crippen molar-refractivity contribution in [2.24, 2.45) is 0 Å². The van der Waals surface area contributed by atoms with Gasteiger partial charge in [0.25, 0.3) is 0 Å². The van der Waals surface area contributed by atoms with Gasteiger partial charge >= 0.3 is 0 Å². The molecule has 0 fully saturated rings. The standard InChI is InChI=1S/C28H23FN2O3S/c1-4-33-24-14-25-21(22(15-34-25)18-6-8-19(29)9-7-18)13-20(24)17(3)12-27(32)31-28-30-23-10-5-16(2)11-26(23)35-28/h5-15H,4H2,1-3H3,(H,30,31,32)/b17-12+. The Labute approximate surface area is 205 Å². The van der Waals surface area contributed by atoms with Crippen molar-refractivity contribution >= 4 is 49.1 Å². The average Bonchev–Trinajstić information content (AvgIpc) is 3.41. The minimum Gasteiger partial charge on any atom is -0.493 e. The molecule has 0 unspecified atom stereocenters. The fourth-order valence-electron chi connectivity index (χ4n) is 3.99. The third-order valence-electron chi connectivity index (χ3n) is 5.68. The molecule has 2 heterocycles. The molecule has 0 radical (unpaired) electrons. The van der Waals surface area contributed by atoms with Crippen LogP contribution in [-0.2, 0) is 4.79 Å². The maximum absolute atomic E-state index is 13.4. The zero-order chi connectivity index (χ0) is 24.5. The van der Waals surface area contributed by atoms with E-state index in [0.29, 0.717) is 23.1 Å². The SMILES string of the molecule is CCOc1cc2occ(-c3ccc(F)cc3)c2cc1/C(C)=C/C(=O)Nc1nc2ccc(C)cc2s1. The number of hydrogen-bond donors (Lipinski definition) is 1. The molecular weight excluding hydrogens is 463 g/mol. The minimum absolute atomic E-state index is 0.272. The molecule has 3 aromatic carbocycles. The number of carbonyl (C=O) groups excluding carboxylic acids is 1. The van der Waals surface area contributed by atoms with E-state index in [1.165, 1.54) is 23.5 Å². The van der Waals surface area contributed by atoms with Crippen LogP contribution in [0.25, 0.3) is 37.9 Å². The van der Waals surface area contributed by atoms with E-state index in [1.54, 1.807) is 24.5 Å². The predicted octanol–water partition coefficient (Wildman–Crippen LogP) is 7.60. The second-order valence-corrected chi connectivity index (χ2v) is 9.27. The van der Waals surface area contributed by atoms with Crippen molar-refractivity contribution in [3.8, 4) is 16.9 Å². The van der Waals surface area contributed by atoms with Gasteiger partial charge < -0.3 is 9.15 Å². The van der Waals surface area contributed by atoms with Crippen LogP contribution in [0.5, 0.6) is 5.75 Å². The molecule has 0 aliphatic carbocycles. The van der Waals surface area contributed by atoms with Crippen LogP contribution in [0.1, 0.15) is 25.0 Å². The molecule has 0 bridgehead atoms. The smallest absolute Gasteiger partial charge is 0.250 e. The van der Waals surface area contributed by atoms with E-state index < -0.39 is 0 Å². The van der Waals surface area contributed by atoms with Crippen LogP contribution < -0.4 is 10.1 Å². The Morgan fingerprint density at radius 3 is 2.74 bits per heavy atom. The summed E-state index contributed by atoms with van der Waals surface area (Å²) in [5.74, 6) is 0.0534. The molecular formula is C28H23FN2O3S. The van der Waals surface area contributed by atoms with Crippen LogP contribution in [0, 0.1) is 12.7 Å². The summed E-state index contributed by atoms with van der Waals surface area (Å²) >= 11 is 1.44. The number of halogens is 1. The first kappa shape index (κ1) is 22.8. The van der Waals surface area contributed by atoms with Crippen molar-refractivity contribution in [3.05, 3.63) is 83.9 Å². The van der Waals surface area contributed by atoms with Crippen molar-refractivity contribution in [1.29, 1.82) is 0 Å². The number of nitrogens with one attached hydrogen (secondary N) is 1. The number of allylic oxidation sites excluding steroid dienone is 1. The lowest BCUT2D eigenvalue weighted by Crippen LogP contribution is -2.08. The number of fused-ring (bicyclic) bond motifs is 2. The molecule has 0 aliphatic heterocycles. The Balaban J connectivity index is 1.49. The fourth-order valence-corrected chi connectivity index (χ4v) is 4.96. The molecule has 1 amide bonds. The van der Waals surface area contributed by atoms with Gasteiger partial charge in [-0.05, 0) is 67.8 Å². The number of thiazole rings is 1. The maximum Gasteiger partial charge on any atom is 0.250 e. The van der Waals surface area contributed by atoms with E-state index >= 15 is 0 Å². The fraction of sp³-hybridized carbons (Fsp3) is 0.143. The Morgan fingerprint density at radius 1 is 1.17 bits per heavy atom. The molecule has 176 valence electrons. The quantitative estimate of drug-likeness (QED) is 0.251. The molecule has 0 atom stereocenters. The highest BCUT2D eigenvalue weighted by Crippen LogP contribution is 2.37. The first-order valence-corrected chi connectivity index (χ1v) is 12.0. The molecule has 0 saturated heterocycles. The number of rotatable bonds is 6. The number of ether oxygens (including phenoxy) is 1. The number of benzene rings is 3. The van der Waals surface area contributed by atoms with E-state index in [4.69, 9.17) is 9.15 Å². The highest BCUT2D eigenvalue weighted by molar-refractivity contribution is 7.22. The molecule has 0 aliphatic rings. The van der Waals surface area contributed by atoms with Crippen LogP contribution in [-0.4, -0.2) is 17.5 Å². The largest absolute Gasteiger partial charge is 0.493 e. The number of carbonyl (C=O) groups is 1. The van der Waals surface area contributed by atoms with Gasteiger partial charge in [0.15, 0.2) is 5.13 Å². The molecule has 0 spiro atoms. The zero-order valence-electron chi connectivity index (χ0n) is 19.5. The Kier molecular flexibility index (Phi) is 6.09. The van der Waals surface area contributed by atoms with Gasteiger partial charge in [-0.15, -0.1) is 0 Å².